The molecule has 2 rings (SSSR count). The van der Waals surface area contributed by atoms with Gasteiger partial charge in [0, 0.05) is 6.07 Å². The standard InChI is InChI=1S/C14H16N2O3S/c1-4-9(2)16-12-7-10(19-3)5-6-11(12)15-14(16)20-8-13(17)18/h4-7,9H,1,8H2,2-3H3,(H,17,18). The second kappa shape index (κ2) is 6.00. The molecule has 0 aliphatic rings. The summed E-state index contributed by atoms with van der Waals surface area (Å²) in [6.07, 6.45) is 1.80. The Hall–Kier alpha value is -1.95. The number of carboxylic acids is 1. The third-order valence-corrected chi connectivity index (χ3v) is 3.87. The number of carboxylic acid groups (broad SMARTS) is 1. The van der Waals surface area contributed by atoms with E-state index in [2.05, 4.69) is 11.6 Å². The molecule has 1 aromatic heterocycles. The van der Waals surface area contributed by atoms with Crippen molar-refractivity contribution < 1.29 is 14.6 Å². The smallest absolute Gasteiger partial charge is 0.313 e. The molecule has 106 valence electrons. The minimum absolute atomic E-state index is 0.0170. The van der Waals surface area contributed by atoms with Crippen LogP contribution in [0.5, 0.6) is 5.75 Å². The summed E-state index contributed by atoms with van der Waals surface area (Å²) < 4.78 is 7.20. The summed E-state index contributed by atoms with van der Waals surface area (Å²) in [5.41, 5.74) is 1.72. The van der Waals surface area contributed by atoms with Gasteiger partial charge in [-0.2, -0.15) is 0 Å². The first kappa shape index (κ1) is 14.5. The lowest BCUT2D eigenvalue weighted by atomic mass is 10.2. The van der Waals surface area contributed by atoms with Crippen molar-refractivity contribution in [3.8, 4) is 5.75 Å². The lowest BCUT2D eigenvalue weighted by Crippen LogP contribution is -2.06. The monoisotopic (exact) mass is 292 g/mol. The maximum absolute atomic E-state index is 10.7. The Morgan fingerprint density at radius 1 is 1.65 bits per heavy atom. The molecule has 0 fully saturated rings. The summed E-state index contributed by atoms with van der Waals surface area (Å²) in [5, 5.41) is 9.49. The van der Waals surface area contributed by atoms with Gasteiger partial charge in [-0.3, -0.25) is 4.79 Å². The first-order valence-corrected chi connectivity index (χ1v) is 7.08. The van der Waals surface area contributed by atoms with Gasteiger partial charge in [0.2, 0.25) is 0 Å². The number of aromatic nitrogens is 2. The number of fused-ring (bicyclic) bond motifs is 1. The summed E-state index contributed by atoms with van der Waals surface area (Å²) in [5.74, 6) is -0.147. The highest BCUT2D eigenvalue weighted by molar-refractivity contribution is 7.99. The Kier molecular flexibility index (Phi) is 4.34. The van der Waals surface area contributed by atoms with E-state index in [1.54, 1.807) is 13.2 Å². The van der Waals surface area contributed by atoms with E-state index in [1.807, 2.05) is 29.7 Å². The molecule has 0 saturated heterocycles. The molecule has 1 heterocycles. The normalized spacial score (nSPS) is 12.3. The summed E-state index contributed by atoms with van der Waals surface area (Å²) in [6.45, 7) is 5.78. The Bertz CT molecular complexity index is 651. The minimum atomic E-state index is -0.863. The zero-order valence-electron chi connectivity index (χ0n) is 11.4. The average molecular weight is 292 g/mol. The quantitative estimate of drug-likeness (QED) is 0.655. The largest absolute Gasteiger partial charge is 0.497 e. The van der Waals surface area contributed by atoms with E-state index in [1.165, 1.54) is 11.8 Å². The molecule has 6 heteroatoms. The lowest BCUT2D eigenvalue weighted by Gasteiger charge is -2.13. The van der Waals surface area contributed by atoms with Crippen molar-refractivity contribution in [1.29, 1.82) is 0 Å². The Labute approximate surface area is 121 Å². The second-order valence-electron chi connectivity index (χ2n) is 4.28. The summed E-state index contributed by atoms with van der Waals surface area (Å²) >= 11 is 1.20. The summed E-state index contributed by atoms with van der Waals surface area (Å²) in [4.78, 5) is 15.2. The fourth-order valence-electron chi connectivity index (χ4n) is 1.90. The Balaban J connectivity index is 2.54. The number of carbonyl (C=O) groups is 1. The van der Waals surface area contributed by atoms with E-state index >= 15 is 0 Å². The van der Waals surface area contributed by atoms with Crippen LogP contribution < -0.4 is 4.74 Å². The Morgan fingerprint density at radius 3 is 3.00 bits per heavy atom. The van der Waals surface area contributed by atoms with Crippen LogP contribution in [0, 0.1) is 0 Å². The predicted octanol–water partition coefficient (Wildman–Crippen LogP) is 2.97. The van der Waals surface area contributed by atoms with Crippen molar-refractivity contribution in [3.05, 3.63) is 30.9 Å². The third kappa shape index (κ3) is 2.80. The molecule has 0 aliphatic heterocycles. The molecule has 0 radical (unpaired) electrons. The van der Waals surface area contributed by atoms with Gasteiger partial charge in [-0.1, -0.05) is 17.8 Å². The third-order valence-electron chi connectivity index (χ3n) is 2.94. The van der Waals surface area contributed by atoms with Crippen LogP contribution >= 0.6 is 11.8 Å². The van der Waals surface area contributed by atoms with Crippen molar-refractivity contribution in [1.82, 2.24) is 9.55 Å². The van der Waals surface area contributed by atoms with Crippen molar-refractivity contribution in [2.24, 2.45) is 0 Å². The molecule has 20 heavy (non-hydrogen) atoms. The maximum Gasteiger partial charge on any atom is 0.313 e. The number of benzene rings is 1. The highest BCUT2D eigenvalue weighted by Gasteiger charge is 2.16. The number of allylic oxidation sites excluding steroid dienone is 1. The number of aliphatic carboxylic acids is 1. The van der Waals surface area contributed by atoms with Crippen LogP contribution in [-0.2, 0) is 4.79 Å². The van der Waals surface area contributed by atoms with Crippen LogP contribution in [0.15, 0.2) is 36.0 Å². The first-order chi connectivity index (χ1) is 9.56. The maximum atomic E-state index is 10.7. The first-order valence-electron chi connectivity index (χ1n) is 6.10. The number of nitrogens with zero attached hydrogens (tertiary/aromatic N) is 2. The average Bonchev–Trinajstić information content (AvgIpc) is 2.81. The van der Waals surface area contributed by atoms with E-state index in [9.17, 15) is 4.79 Å². The molecular formula is C14H16N2O3S. The van der Waals surface area contributed by atoms with Crippen LogP contribution in [0.4, 0.5) is 0 Å². The molecule has 0 amide bonds. The van der Waals surface area contributed by atoms with Gasteiger partial charge < -0.3 is 14.4 Å². The summed E-state index contributed by atoms with van der Waals surface area (Å²) in [6, 6.07) is 5.62. The molecule has 0 saturated carbocycles. The fourth-order valence-corrected chi connectivity index (χ4v) is 2.72. The van der Waals surface area contributed by atoms with Crippen molar-refractivity contribution in [3.63, 3.8) is 0 Å². The number of thioether (sulfide) groups is 1. The van der Waals surface area contributed by atoms with Gasteiger partial charge in [0.25, 0.3) is 0 Å². The molecular weight excluding hydrogens is 276 g/mol. The number of hydrogen-bond donors (Lipinski definition) is 1. The van der Waals surface area contributed by atoms with Gasteiger partial charge in [0.05, 0.1) is 29.9 Å². The molecule has 0 spiro atoms. The van der Waals surface area contributed by atoms with Crippen LogP contribution in [0.2, 0.25) is 0 Å². The van der Waals surface area contributed by atoms with Crippen LogP contribution in [0.1, 0.15) is 13.0 Å². The van der Waals surface area contributed by atoms with Crippen LogP contribution in [-0.4, -0.2) is 33.5 Å². The summed E-state index contributed by atoms with van der Waals surface area (Å²) in [7, 11) is 1.61. The van der Waals surface area contributed by atoms with Crippen molar-refractivity contribution >= 4 is 28.8 Å². The van der Waals surface area contributed by atoms with Gasteiger partial charge >= 0.3 is 5.97 Å². The van der Waals surface area contributed by atoms with Crippen molar-refractivity contribution in [2.75, 3.05) is 12.9 Å². The lowest BCUT2D eigenvalue weighted by molar-refractivity contribution is -0.133. The highest BCUT2D eigenvalue weighted by Crippen LogP contribution is 2.30. The van der Waals surface area contributed by atoms with E-state index in [-0.39, 0.29) is 11.8 Å². The topological polar surface area (TPSA) is 64.4 Å². The number of hydrogen-bond acceptors (Lipinski definition) is 4. The Morgan fingerprint density at radius 2 is 2.40 bits per heavy atom. The second-order valence-corrected chi connectivity index (χ2v) is 5.22. The van der Waals surface area contributed by atoms with Gasteiger partial charge in [0.1, 0.15) is 5.75 Å². The minimum Gasteiger partial charge on any atom is -0.497 e. The number of ether oxygens (including phenoxy) is 1. The van der Waals surface area contributed by atoms with Crippen LogP contribution in [0.25, 0.3) is 11.0 Å². The van der Waals surface area contributed by atoms with Gasteiger partial charge in [0.15, 0.2) is 5.16 Å². The predicted molar refractivity (Wildman–Crippen MR) is 79.6 cm³/mol. The molecule has 2 aromatic rings. The number of rotatable bonds is 6. The highest BCUT2D eigenvalue weighted by atomic mass is 32.2. The molecule has 0 bridgehead atoms. The zero-order valence-corrected chi connectivity index (χ0v) is 12.2. The fraction of sp³-hybridized carbons (Fsp3) is 0.286. The molecule has 1 aromatic carbocycles. The molecule has 1 N–H and O–H groups in total. The van der Waals surface area contributed by atoms with Gasteiger partial charge in [-0.15, -0.1) is 6.58 Å². The van der Waals surface area contributed by atoms with E-state index < -0.39 is 5.97 Å². The zero-order chi connectivity index (χ0) is 14.7. The van der Waals surface area contributed by atoms with E-state index in [0.29, 0.717) is 5.16 Å². The van der Waals surface area contributed by atoms with Gasteiger partial charge in [-0.25, -0.2) is 4.98 Å². The van der Waals surface area contributed by atoms with Crippen LogP contribution in [0.3, 0.4) is 0 Å². The van der Waals surface area contributed by atoms with Crippen molar-refractivity contribution in [2.45, 2.75) is 18.1 Å². The van der Waals surface area contributed by atoms with Gasteiger partial charge in [-0.05, 0) is 19.1 Å². The van der Waals surface area contributed by atoms with E-state index in [4.69, 9.17) is 9.84 Å². The molecule has 1 atom stereocenters. The SMILES string of the molecule is C=CC(C)n1c(SCC(=O)O)nc2ccc(OC)cc21. The molecule has 0 aliphatic carbocycles. The molecule has 1 unspecified atom stereocenters. The number of methoxy groups -OCH3 is 1. The number of imidazole rings is 1. The molecule has 5 nitrogen and oxygen atoms in total. The van der Waals surface area contributed by atoms with E-state index in [0.717, 1.165) is 16.8 Å².